The van der Waals surface area contributed by atoms with Crippen molar-refractivity contribution >= 4 is 29.6 Å². The number of nitrogen functional groups attached to an aromatic ring is 1. The van der Waals surface area contributed by atoms with E-state index in [2.05, 4.69) is 15.2 Å². The van der Waals surface area contributed by atoms with Gasteiger partial charge < -0.3 is 15.7 Å². The van der Waals surface area contributed by atoms with Crippen LogP contribution in [0.1, 0.15) is 24.5 Å². The lowest BCUT2D eigenvalue weighted by Gasteiger charge is -2.28. The predicted octanol–water partition coefficient (Wildman–Crippen LogP) is 0.0112. The van der Waals surface area contributed by atoms with Gasteiger partial charge >= 0.3 is 5.97 Å². The van der Waals surface area contributed by atoms with Crippen LogP contribution >= 0.6 is 11.8 Å². The smallest absolute Gasteiger partial charge is 0.327 e. The number of hydrogen-bond acceptors (Lipinski definition) is 6. The summed E-state index contributed by atoms with van der Waals surface area (Å²) < 4.78 is 0. The number of thioether (sulfide) groups is 1. The van der Waals surface area contributed by atoms with Crippen molar-refractivity contribution in [1.82, 2.24) is 20.1 Å². The molecule has 1 aliphatic rings. The van der Waals surface area contributed by atoms with Gasteiger partial charge in [-0.15, -0.1) is 16.9 Å². The fourth-order valence-electron chi connectivity index (χ4n) is 1.98. The van der Waals surface area contributed by atoms with E-state index >= 15 is 0 Å². The maximum Gasteiger partial charge on any atom is 0.327 e. The fourth-order valence-corrected chi connectivity index (χ4v) is 3.45. The number of anilines is 1. The third-order valence-corrected chi connectivity index (χ3v) is 4.45. The number of carboxylic acid groups (broad SMARTS) is 1. The highest BCUT2D eigenvalue weighted by Crippen LogP contribution is 2.34. The van der Waals surface area contributed by atoms with Crippen LogP contribution in [0.25, 0.3) is 0 Å². The second kappa shape index (κ2) is 5.08. The molecule has 9 heteroatoms. The van der Waals surface area contributed by atoms with E-state index in [0.717, 1.165) is 0 Å². The summed E-state index contributed by atoms with van der Waals surface area (Å²) in [5.41, 5.74) is 5.36. The topological polar surface area (TPSA) is 125 Å². The van der Waals surface area contributed by atoms with Gasteiger partial charge in [0.25, 0.3) is 5.91 Å². The first-order valence-corrected chi connectivity index (χ1v) is 6.81. The number of nitrogens with two attached hydrogens (primary N) is 1. The molecule has 1 fully saturated rings. The molecule has 1 aliphatic heterocycles. The molecule has 8 nitrogen and oxygen atoms in total. The van der Waals surface area contributed by atoms with Crippen LogP contribution in [0.2, 0.25) is 0 Å². The summed E-state index contributed by atoms with van der Waals surface area (Å²) in [4.78, 5) is 28.7. The first kappa shape index (κ1) is 13.7. The van der Waals surface area contributed by atoms with Crippen molar-refractivity contribution in [2.45, 2.75) is 25.3 Å². The number of rotatable bonds is 3. The van der Waals surface area contributed by atoms with E-state index in [1.165, 1.54) is 16.7 Å². The van der Waals surface area contributed by atoms with Crippen molar-refractivity contribution in [2.24, 2.45) is 5.92 Å². The molecule has 2 unspecified atom stereocenters. The van der Waals surface area contributed by atoms with Gasteiger partial charge in [-0.2, -0.15) is 4.98 Å². The van der Waals surface area contributed by atoms with Crippen LogP contribution in [0.4, 0.5) is 5.95 Å². The molecular weight excluding hydrogens is 270 g/mol. The zero-order chi connectivity index (χ0) is 14.2. The van der Waals surface area contributed by atoms with E-state index in [1.807, 2.05) is 13.8 Å². The van der Waals surface area contributed by atoms with E-state index in [1.54, 1.807) is 0 Å². The molecule has 1 saturated heterocycles. The van der Waals surface area contributed by atoms with Gasteiger partial charge in [-0.3, -0.25) is 9.89 Å². The minimum Gasteiger partial charge on any atom is -0.480 e. The number of hydrogen-bond donors (Lipinski definition) is 3. The van der Waals surface area contributed by atoms with E-state index in [-0.39, 0.29) is 23.1 Å². The summed E-state index contributed by atoms with van der Waals surface area (Å²) in [7, 11) is 0. The molecule has 0 bridgehead atoms. The Bertz CT molecular complexity index is 503. The summed E-state index contributed by atoms with van der Waals surface area (Å²) in [5, 5.41) is 15.0. The Kier molecular flexibility index (Phi) is 3.65. The van der Waals surface area contributed by atoms with Crippen LogP contribution in [0.3, 0.4) is 0 Å². The number of aromatic nitrogens is 3. The minimum atomic E-state index is -1.02. The van der Waals surface area contributed by atoms with Crippen molar-refractivity contribution in [3.05, 3.63) is 5.82 Å². The molecular formula is C10H15N5O3S. The first-order valence-electron chi connectivity index (χ1n) is 5.76. The molecule has 4 N–H and O–H groups in total. The SMILES string of the molecule is CC(C)C1SCC(C(=O)O)N1C(=O)c1nc(N)n[nH]1. The zero-order valence-corrected chi connectivity index (χ0v) is 11.3. The number of carbonyl (C=O) groups excluding carboxylic acids is 1. The van der Waals surface area contributed by atoms with Crippen molar-refractivity contribution in [3.8, 4) is 0 Å². The molecule has 2 rings (SSSR count). The van der Waals surface area contributed by atoms with Gasteiger partial charge in [0.15, 0.2) is 0 Å². The molecule has 1 aromatic rings. The number of aliphatic carboxylic acids is 1. The molecule has 0 radical (unpaired) electrons. The van der Waals surface area contributed by atoms with Crippen molar-refractivity contribution in [1.29, 1.82) is 0 Å². The summed E-state index contributed by atoms with van der Waals surface area (Å²) in [6, 6.07) is -0.851. The van der Waals surface area contributed by atoms with Gasteiger partial charge in [0.2, 0.25) is 11.8 Å². The Morgan fingerprint density at radius 3 is 2.74 bits per heavy atom. The molecule has 0 aromatic carbocycles. The third kappa shape index (κ3) is 2.50. The Labute approximate surface area is 113 Å². The summed E-state index contributed by atoms with van der Waals surface area (Å²) in [5.74, 6) is -1.07. The minimum absolute atomic E-state index is 0.0306. The predicted molar refractivity (Wildman–Crippen MR) is 69.5 cm³/mol. The largest absolute Gasteiger partial charge is 0.480 e. The van der Waals surface area contributed by atoms with Gasteiger partial charge in [0, 0.05) is 5.75 Å². The number of carboxylic acids is 1. The zero-order valence-electron chi connectivity index (χ0n) is 10.5. The summed E-state index contributed by atoms with van der Waals surface area (Å²) in [6.45, 7) is 3.88. The van der Waals surface area contributed by atoms with Gasteiger partial charge in [-0.05, 0) is 5.92 Å². The van der Waals surface area contributed by atoms with E-state index in [0.29, 0.717) is 5.75 Å². The highest BCUT2D eigenvalue weighted by molar-refractivity contribution is 8.00. The standard InChI is InChI=1S/C10H15N5O3S/c1-4(2)8-15(5(3-19-8)9(17)18)7(16)6-12-10(11)14-13-6/h4-5,8H,3H2,1-2H3,(H,17,18)(H3,11,12,13,14). The molecule has 19 heavy (non-hydrogen) atoms. The van der Waals surface area contributed by atoms with Gasteiger partial charge in [0.1, 0.15) is 6.04 Å². The van der Waals surface area contributed by atoms with Crippen molar-refractivity contribution in [3.63, 3.8) is 0 Å². The monoisotopic (exact) mass is 285 g/mol. The Morgan fingerprint density at radius 1 is 1.58 bits per heavy atom. The van der Waals surface area contributed by atoms with Crippen molar-refractivity contribution < 1.29 is 14.7 Å². The molecule has 2 atom stereocenters. The second-order valence-corrected chi connectivity index (χ2v) is 5.73. The Hall–Kier alpha value is -1.77. The molecule has 1 amide bonds. The number of carbonyl (C=O) groups is 2. The Balaban J connectivity index is 2.30. The average molecular weight is 285 g/mol. The highest BCUT2D eigenvalue weighted by Gasteiger charge is 2.44. The van der Waals surface area contributed by atoms with Crippen LogP contribution in [0.5, 0.6) is 0 Å². The molecule has 104 valence electrons. The average Bonchev–Trinajstić information content (AvgIpc) is 2.93. The maximum absolute atomic E-state index is 12.3. The quantitative estimate of drug-likeness (QED) is 0.714. The fraction of sp³-hybridized carbons (Fsp3) is 0.600. The van der Waals surface area contributed by atoms with Crippen LogP contribution in [0, 0.1) is 5.92 Å². The molecule has 0 aliphatic carbocycles. The normalized spacial score (nSPS) is 23.0. The maximum atomic E-state index is 12.3. The van der Waals surface area contributed by atoms with Crippen LogP contribution in [-0.2, 0) is 4.79 Å². The number of nitrogens with one attached hydrogen (secondary N) is 1. The van der Waals surface area contributed by atoms with Crippen molar-refractivity contribution in [2.75, 3.05) is 11.5 Å². The van der Waals surface area contributed by atoms with Gasteiger partial charge in [-0.25, -0.2) is 4.79 Å². The first-order chi connectivity index (χ1) is 8.91. The molecule has 0 spiro atoms. The lowest BCUT2D eigenvalue weighted by atomic mass is 10.1. The second-order valence-electron chi connectivity index (χ2n) is 4.58. The third-order valence-electron chi connectivity index (χ3n) is 2.83. The van der Waals surface area contributed by atoms with Crippen LogP contribution < -0.4 is 5.73 Å². The van der Waals surface area contributed by atoms with E-state index in [4.69, 9.17) is 5.73 Å². The van der Waals surface area contributed by atoms with E-state index in [9.17, 15) is 14.7 Å². The highest BCUT2D eigenvalue weighted by atomic mass is 32.2. The van der Waals surface area contributed by atoms with Crippen LogP contribution in [-0.4, -0.2) is 54.2 Å². The number of amides is 1. The lowest BCUT2D eigenvalue weighted by molar-refractivity contribution is -0.141. The lowest BCUT2D eigenvalue weighted by Crippen LogP contribution is -2.47. The molecule has 0 saturated carbocycles. The summed E-state index contributed by atoms with van der Waals surface area (Å²) in [6.07, 6.45) is 0. The Morgan fingerprint density at radius 2 is 2.26 bits per heavy atom. The number of aromatic amines is 1. The van der Waals surface area contributed by atoms with E-state index < -0.39 is 17.9 Å². The molecule has 2 heterocycles. The molecule has 1 aromatic heterocycles. The number of nitrogens with zero attached hydrogens (tertiary/aromatic N) is 3. The summed E-state index contributed by atoms with van der Waals surface area (Å²) >= 11 is 1.46. The number of H-pyrrole nitrogens is 1. The van der Waals surface area contributed by atoms with Gasteiger partial charge in [0.05, 0.1) is 5.37 Å². The van der Waals surface area contributed by atoms with Crippen LogP contribution in [0.15, 0.2) is 0 Å². The van der Waals surface area contributed by atoms with Gasteiger partial charge in [-0.1, -0.05) is 13.8 Å².